The van der Waals surface area contributed by atoms with Crippen molar-refractivity contribution in [2.24, 2.45) is 0 Å². The zero-order valence-corrected chi connectivity index (χ0v) is 13.8. The van der Waals surface area contributed by atoms with E-state index in [2.05, 4.69) is 10.6 Å². The maximum atomic E-state index is 12.4. The number of nitrogens with one attached hydrogen (secondary N) is 2. The molecule has 2 aliphatic rings. The standard InChI is InChI=1S/C16H22N2O4S/c19-16(18-12-3-6-17-7-4-12)5-10-23(20)13-1-2-14-15(11-13)22-9-8-21-14/h1-2,11-12,17H,3-10H2,(H,18,19). The molecule has 1 amide bonds. The van der Waals surface area contributed by atoms with Crippen LogP contribution in [0.15, 0.2) is 23.1 Å². The van der Waals surface area contributed by atoms with E-state index >= 15 is 0 Å². The van der Waals surface area contributed by atoms with Gasteiger partial charge in [0.25, 0.3) is 0 Å². The van der Waals surface area contributed by atoms with Gasteiger partial charge in [0.15, 0.2) is 11.5 Å². The zero-order chi connectivity index (χ0) is 16.1. The molecule has 6 nitrogen and oxygen atoms in total. The number of ether oxygens (including phenoxy) is 2. The van der Waals surface area contributed by atoms with Gasteiger partial charge in [-0.1, -0.05) is 0 Å². The first-order chi connectivity index (χ1) is 11.2. The second kappa shape index (κ2) is 7.79. The Morgan fingerprint density at radius 1 is 1.22 bits per heavy atom. The molecule has 0 spiro atoms. The van der Waals surface area contributed by atoms with Gasteiger partial charge >= 0.3 is 0 Å². The predicted molar refractivity (Wildman–Crippen MR) is 87.4 cm³/mol. The van der Waals surface area contributed by atoms with Crippen LogP contribution < -0.4 is 20.1 Å². The number of benzene rings is 1. The van der Waals surface area contributed by atoms with E-state index in [0.717, 1.165) is 25.9 Å². The Balaban J connectivity index is 1.49. The highest BCUT2D eigenvalue weighted by Crippen LogP contribution is 2.31. The lowest BCUT2D eigenvalue weighted by Crippen LogP contribution is -2.42. The van der Waals surface area contributed by atoms with Gasteiger partial charge in [-0.25, -0.2) is 0 Å². The van der Waals surface area contributed by atoms with Crippen molar-refractivity contribution in [2.75, 3.05) is 32.1 Å². The predicted octanol–water partition coefficient (Wildman–Crippen LogP) is 0.824. The molecule has 0 aliphatic carbocycles. The van der Waals surface area contributed by atoms with E-state index in [-0.39, 0.29) is 18.4 Å². The Morgan fingerprint density at radius 2 is 1.96 bits per heavy atom. The molecule has 3 rings (SSSR count). The van der Waals surface area contributed by atoms with Crippen molar-refractivity contribution >= 4 is 16.7 Å². The second-order valence-electron chi connectivity index (χ2n) is 5.70. The van der Waals surface area contributed by atoms with E-state index in [4.69, 9.17) is 9.47 Å². The molecule has 2 heterocycles. The normalized spacial score (nSPS) is 19.1. The second-order valence-corrected chi connectivity index (χ2v) is 7.27. The van der Waals surface area contributed by atoms with Crippen LogP contribution in [0.3, 0.4) is 0 Å². The van der Waals surface area contributed by atoms with Crippen LogP contribution in [0.2, 0.25) is 0 Å². The third-order valence-electron chi connectivity index (χ3n) is 4.00. The summed E-state index contributed by atoms with van der Waals surface area (Å²) in [6.45, 7) is 2.91. The van der Waals surface area contributed by atoms with Gasteiger partial charge < -0.3 is 20.1 Å². The van der Waals surface area contributed by atoms with Crippen molar-refractivity contribution in [3.8, 4) is 11.5 Å². The van der Waals surface area contributed by atoms with E-state index < -0.39 is 10.8 Å². The Hall–Kier alpha value is -1.60. The third kappa shape index (κ3) is 4.45. The van der Waals surface area contributed by atoms with Gasteiger partial charge in [-0.15, -0.1) is 0 Å². The average molecular weight is 338 g/mol. The molecule has 1 atom stereocenters. The summed E-state index contributed by atoms with van der Waals surface area (Å²) >= 11 is 0. The highest BCUT2D eigenvalue weighted by atomic mass is 32.2. The largest absolute Gasteiger partial charge is 0.486 e. The van der Waals surface area contributed by atoms with Crippen molar-refractivity contribution in [1.29, 1.82) is 0 Å². The lowest BCUT2D eigenvalue weighted by Gasteiger charge is -2.23. The quantitative estimate of drug-likeness (QED) is 0.831. The number of rotatable bonds is 5. The maximum absolute atomic E-state index is 12.4. The van der Waals surface area contributed by atoms with Crippen molar-refractivity contribution in [3.05, 3.63) is 18.2 Å². The van der Waals surface area contributed by atoms with Gasteiger partial charge in [0.05, 0.1) is 10.8 Å². The molecule has 7 heteroatoms. The minimum absolute atomic E-state index is 0.0252. The minimum atomic E-state index is -1.22. The molecule has 2 aliphatic heterocycles. The molecule has 0 bridgehead atoms. The number of piperidine rings is 1. The van der Waals surface area contributed by atoms with Crippen molar-refractivity contribution in [3.63, 3.8) is 0 Å². The molecule has 126 valence electrons. The maximum Gasteiger partial charge on any atom is 0.221 e. The molecule has 2 N–H and O–H groups in total. The van der Waals surface area contributed by atoms with Crippen LogP contribution in [0.4, 0.5) is 0 Å². The summed E-state index contributed by atoms with van der Waals surface area (Å²) in [6, 6.07) is 5.53. The summed E-state index contributed by atoms with van der Waals surface area (Å²) in [5.41, 5.74) is 0. The molecule has 1 aromatic carbocycles. The van der Waals surface area contributed by atoms with E-state index in [1.54, 1.807) is 18.2 Å². The van der Waals surface area contributed by atoms with E-state index in [0.29, 0.717) is 35.4 Å². The Labute approximate surface area is 138 Å². The molecule has 0 aromatic heterocycles. The summed E-state index contributed by atoms with van der Waals surface area (Å²) in [5.74, 6) is 1.60. The molecule has 0 saturated carbocycles. The van der Waals surface area contributed by atoms with Gasteiger partial charge in [-0.3, -0.25) is 9.00 Å². The van der Waals surface area contributed by atoms with Crippen LogP contribution in [0.1, 0.15) is 19.3 Å². The minimum Gasteiger partial charge on any atom is -0.486 e. The number of fused-ring (bicyclic) bond motifs is 1. The fraction of sp³-hybridized carbons (Fsp3) is 0.562. The first-order valence-corrected chi connectivity index (χ1v) is 9.32. The van der Waals surface area contributed by atoms with Crippen molar-refractivity contribution in [1.82, 2.24) is 10.6 Å². The number of hydrogen-bond donors (Lipinski definition) is 2. The van der Waals surface area contributed by atoms with Crippen molar-refractivity contribution < 1.29 is 18.5 Å². The number of hydrogen-bond acceptors (Lipinski definition) is 5. The summed E-state index contributed by atoms with van der Waals surface area (Å²) in [5, 5.41) is 6.28. The summed E-state index contributed by atoms with van der Waals surface area (Å²) < 4.78 is 23.3. The summed E-state index contributed by atoms with van der Waals surface area (Å²) in [6.07, 6.45) is 2.18. The zero-order valence-electron chi connectivity index (χ0n) is 13.0. The molecular weight excluding hydrogens is 316 g/mol. The number of amides is 1. The van der Waals surface area contributed by atoms with Gasteiger partial charge in [-0.2, -0.15) is 0 Å². The Kier molecular flexibility index (Phi) is 5.51. The number of carbonyl (C=O) groups is 1. The smallest absolute Gasteiger partial charge is 0.221 e. The lowest BCUT2D eigenvalue weighted by molar-refractivity contribution is -0.121. The van der Waals surface area contributed by atoms with Gasteiger partial charge in [0.2, 0.25) is 5.91 Å². The van der Waals surface area contributed by atoms with E-state index in [9.17, 15) is 9.00 Å². The fourth-order valence-electron chi connectivity index (χ4n) is 2.73. The van der Waals surface area contributed by atoms with Gasteiger partial charge in [0.1, 0.15) is 13.2 Å². The van der Waals surface area contributed by atoms with Crippen LogP contribution >= 0.6 is 0 Å². The monoisotopic (exact) mass is 338 g/mol. The van der Waals surface area contributed by atoms with Crippen LogP contribution in [-0.4, -0.2) is 48.2 Å². The molecule has 0 radical (unpaired) electrons. The van der Waals surface area contributed by atoms with Gasteiger partial charge in [0, 0.05) is 29.2 Å². The van der Waals surface area contributed by atoms with E-state index in [1.165, 1.54) is 0 Å². The number of carbonyl (C=O) groups excluding carboxylic acids is 1. The highest BCUT2D eigenvalue weighted by molar-refractivity contribution is 7.85. The molecule has 1 saturated heterocycles. The molecular formula is C16H22N2O4S. The van der Waals surface area contributed by atoms with Crippen LogP contribution in [0.25, 0.3) is 0 Å². The molecule has 23 heavy (non-hydrogen) atoms. The van der Waals surface area contributed by atoms with Crippen molar-refractivity contribution in [2.45, 2.75) is 30.2 Å². The molecule has 1 unspecified atom stereocenters. The topological polar surface area (TPSA) is 76.7 Å². The average Bonchev–Trinajstić information content (AvgIpc) is 2.60. The van der Waals surface area contributed by atoms with Crippen LogP contribution in [-0.2, 0) is 15.6 Å². The SMILES string of the molecule is O=C(CCS(=O)c1ccc2c(c1)OCCO2)NC1CCNCC1. The molecule has 1 aromatic rings. The highest BCUT2D eigenvalue weighted by Gasteiger charge is 2.17. The first kappa shape index (κ1) is 16.3. The lowest BCUT2D eigenvalue weighted by atomic mass is 10.1. The Morgan fingerprint density at radius 3 is 2.74 bits per heavy atom. The van der Waals surface area contributed by atoms with Gasteiger partial charge in [-0.05, 0) is 38.1 Å². The van der Waals surface area contributed by atoms with Crippen LogP contribution in [0, 0.1) is 0 Å². The summed E-state index contributed by atoms with van der Waals surface area (Å²) in [4.78, 5) is 12.6. The van der Waals surface area contributed by atoms with Crippen LogP contribution in [0.5, 0.6) is 11.5 Å². The first-order valence-electron chi connectivity index (χ1n) is 8.00. The fourth-order valence-corrected chi connectivity index (χ4v) is 3.80. The third-order valence-corrected chi connectivity index (χ3v) is 5.35. The van der Waals surface area contributed by atoms with E-state index in [1.807, 2.05) is 0 Å². The summed E-state index contributed by atoms with van der Waals surface area (Å²) in [7, 11) is -1.22. The molecule has 1 fully saturated rings. The Bertz CT molecular complexity index is 587.